The van der Waals surface area contributed by atoms with Crippen molar-refractivity contribution >= 4 is 11.6 Å². The highest BCUT2D eigenvalue weighted by molar-refractivity contribution is 5.95. The van der Waals surface area contributed by atoms with Crippen LogP contribution in [0.2, 0.25) is 0 Å². The molecule has 21 heavy (non-hydrogen) atoms. The summed E-state index contributed by atoms with van der Waals surface area (Å²) < 4.78 is 0. The lowest BCUT2D eigenvalue weighted by molar-refractivity contribution is 0.0792. The molecule has 110 valence electrons. The third-order valence-corrected chi connectivity index (χ3v) is 3.49. The molecule has 2 rings (SSSR count). The van der Waals surface area contributed by atoms with Gasteiger partial charge >= 0.3 is 0 Å². The summed E-state index contributed by atoms with van der Waals surface area (Å²) in [6, 6.07) is 12.0. The van der Waals surface area contributed by atoms with Gasteiger partial charge in [0.2, 0.25) is 0 Å². The van der Waals surface area contributed by atoms with Crippen LogP contribution in [-0.4, -0.2) is 29.4 Å². The van der Waals surface area contributed by atoms with Crippen LogP contribution >= 0.6 is 0 Å². The Morgan fingerprint density at radius 1 is 1.29 bits per heavy atom. The molecule has 0 saturated heterocycles. The summed E-state index contributed by atoms with van der Waals surface area (Å²) in [4.78, 5) is 18.3. The zero-order valence-electron chi connectivity index (χ0n) is 12.5. The van der Waals surface area contributed by atoms with Crippen molar-refractivity contribution < 1.29 is 4.79 Å². The molecule has 1 aromatic carbocycles. The molecule has 1 aromatic heterocycles. The largest absolute Gasteiger partial charge is 0.397 e. The van der Waals surface area contributed by atoms with E-state index in [4.69, 9.17) is 5.73 Å². The SMILES string of the molecule is Cc1ncc(N)cc1C(=O)N(C)CCCc1ccccc1. The first-order valence-electron chi connectivity index (χ1n) is 7.09. The quantitative estimate of drug-likeness (QED) is 0.917. The third-order valence-electron chi connectivity index (χ3n) is 3.49. The predicted molar refractivity (Wildman–Crippen MR) is 85.1 cm³/mol. The van der Waals surface area contributed by atoms with Crippen LogP contribution < -0.4 is 5.73 Å². The number of aryl methyl sites for hydroxylation is 2. The third kappa shape index (κ3) is 4.05. The van der Waals surface area contributed by atoms with Crippen molar-refractivity contribution in [2.24, 2.45) is 0 Å². The maximum atomic E-state index is 12.4. The number of benzene rings is 1. The van der Waals surface area contributed by atoms with E-state index in [0.717, 1.165) is 12.8 Å². The minimum Gasteiger partial charge on any atom is -0.397 e. The van der Waals surface area contributed by atoms with E-state index in [2.05, 4.69) is 17.1 Å². The van der Waals surface area contributed by atoms with E-state index in [9.17, 15) is 4.79 Å². The molecule has 0 saturated carbocycles. The van der Waals surface area contributed by atoms with E-state index in [1.165, 1.54) is 5.56 Å². The molecule has 2 aromatic rings. The molecular formula is C17H21N3O. The average molecular weight is 283 g/mol. The summed E-state index contributed by atoms with van der Waals surface area (Å²) in [6.07, 6.45) is 3.47. The maximum absolute atomic E-state index is 12.4. The molecule has 1 amide bonds. The van der Waals surface area contributed by atoms with Gasteiger partial charge in [-0.1, -0.05) is 30.3 Å². The van der Waals surface area contributed by atoms with Crippen LogP contribution in [0.4, 0.5) is 5.69 Å². The molecule has 0 unspecified atom stereocenters. The molecule has 1 heterocycles. The lowest BCUT2D eigenvalue weighted by atomic mass is 10.1. The second-order valence-electron chi connectivity index (χ2n) is 5.22. The number of carbonyl (C=O) groups excluding carboxylic acids is 1. The van der Waals surface area contributed by atoms with Gasteiger partial charge in [-0.25, -0.2) is 0 Å². The highest BCUT2D eigenvalue weighted by Crippen LogP contribution is 2.12. The van der Waals surface area contributed by atoms with Gasteiger partial charge in [-0.05, 0) is 31.4 Å². The molecule has 0 aliphatic heterocycles. The maximum Gasteiger partial charge on any atom is 0.255 e. The van der Waals surface area contributed by atoms with Crippen LogP contribution in [-0.2, 0) is 6.42 Å². The molecule has 0 bridgehead atoms. The number of rotatable bonds is 5. The number of pyridine rings is 1. The topological polar surface area (TPSA) is 59.2 Å². The average Bonchev–Trinajstić information content (AvgIpc) is 2.50. The van der Waals surface area contributed by atoms with Gasteiger partial charge in [0.05, 0.1) is 23.1 Å². The second-order valence-corrected chi connectivity index (χ2v) is 5.22. The fraction of sp³-hybridized carbons (Fsp3) is 0.294. The minimum atomic E-state index is -0.0274. The van der Waals surface area contributed by atoms with Crippen molar-refractivity contribution in [2.75, 3.05) is 19.3 Å². The number of nitrogens with zero attached hydrogens (tertiary/aromatic N) is 2. The first-order valence-corrected chi connectivity index (χ1v) is 7.09. The molecule has 0 aliphatic carbocycles. The van der Waals surface area contributed by atoms with E-state index < -0.39 is 0 Å². The van der Waals surface area contributed by atoms with Crippen molar-refractivity contribution in [3.63, 3.8) is 0 Å². The fourth-order valence-corrected chi connectivity index (χ4v) is 2.24. The molecule has 4 nitrogen and oxygen atoms in total. The molecule has 0 fully saturated rings. The smallest absolute Gasteiger partial charge is 0.255 e. The Morgan fingerprint density at radius 2 is 2.00 bits per heavy atom. The van der Waals surface area contributed by atoms with Gasteiger partial charge in [0.25, 0.3) is 5.91 Å². The van der Waals surface area contributed by atoms with Crippen LogP contribution in [0.15, 0.2) is 42.6 Å². The van der Waals surface area contributed by atoms with E-state index in [0.29, 0.717) is 23.5 Å². The predicted octanol–water partition coefficient (Wildman–Crippen LogP) is 2.68. The Bertz CT molecular complexity index is 611. The molecule has 0 aliphatic rings. The zero-order valence-corrected chi connectivity index (χ0v) is 12.5. The lowest BCUT2D eigenvalue weighted by Gasteiger charge is -2.18. The van der Waals surface area contributed by atoms with Crippen LogP contribution in [0, 0.1) is 6.92 Å². The second kappa shape index (κ2) is 6.88. The molecule has 0 atom stereocenters. The number of nitrogens with two attached hydrogens (primary N) is 1. The van der Waals surface area contributed by atoms with Crippen molar-refractivity contribution in [3.05, 3.63) is 59.4 Å². The highest BCUT2D eigenvalue weighted by atomic mass is 16.2. The Balaban J connectivity index is 1.92. The summed E-state index contributed by atoms with van der Waals surface area (Å²) in [5, 5.41) is 0. The van der Waals surface area contributed by atoms with Crippen LogP contribution in [0.5, 0.6) is 0 Å². The fourth-order valence-electron chi connectivity index (χ4n) is 2.24. The Morgan fingerprint density at radius 3 is 2.71 bits per heavy atom. The first kappa shape index (κ1) is 15.0. The van der Waals surface area contributed by atoms with Gasteiger partial charge in [0, 0.05) is 13.6 Å². The number of hydrogen-bond acceptors (Lipinski definition) is 3. The van der Waals surface area contributed by atoms with Crippen LogP contribution in [0.3, 0.4) is 0 Å². The summed E-state index contributed by atoms with van der Waals surface area (Å²) in [5.41, 5.74) is 8.81. The lowest BCUT2D eigenvalue weighted by Crippen LogP contribution is -2.29. The van der Waals surface area contributed by atoms with E-state index in [1.807, 2.05) is 32.2 Å². The first-order chi connectivity index (χ1) is 10.1. The highest BCUT2D eigenvalue weighted by Gasteiger charge is 2.14. The van der Waals surface area contributed by atoms with Crippen molar-refractivity contribution in [1.82, 2.24) is 9.88 Å². The van der Waals surface area contributed by atoms with Gasteiger partial charge in [-0.2, -0.15) is 0 Å². The summed E-state index contributed by atoms with van der Waals surface area (Å²) in [6.45, 7) is 2.53. The van der Waals surface area contributed by atoms with Gasteiger partial charge in [-0.15, -0.1) is 0 Å². The Kier molecular flexibility index (Phi) is 4.93. The number of carbonyl (C=O) groups is 1. The minimum absolute atomic E-state index is 0.0274. The van der Waals surface area contributed by atoms with Gasteiger partial charge in [0.1, 0.15) is 0 Å². The zero-order chi connectivity index (χ0) is 15.2. The number of amides is 1. The van der Waals surface area contributed by atoms with Gasteiger partial charge in [0.15, 0.2) is 0 Å². The van der Waals surface area contributed by atoms with Gasteiger partial charge < -0.3 is 10.6 Å². The Hall–Kier alpha value is -2.36. The molecule has 0 radical (unpaired) electrons. The number of anilines is 1. The van der Waals surface area contributed by atoms with Gasteiger partial charge in [-0.3, -0.25) is 9.78 Å². The Labute approximate surface area is 125 Å². The molecule has 2 N–H and O–H groups in total. The summed E-state index contributed by atoms with van der Waals surface area (Å²) in [5.74, 6) is -0.0274. The molecule has 0 spiro atoms. The molecular weight excluding hydrogens is 262 g/mol. The van der Waals surface area contributed by atoms with E-state index in [-0.39, 0.29) is 5.91 Å². The monoisotopic (exact) mass is 283 g/mol. The number of hydrogen-bond donors (Lipinski definition) is 1. The van der Waals surface area contributed by atoms with Crippen LogP contribution in [0.25, 0.3) is 0 Å². The van der Waals surface area contributed by atoms with Crippen molar-refractivity contribution in [1.29, 1.82) is 0 Å². The normalized spacial score (nSPS) is 10.4. The number of aromatic nitrogens is 1. The summed E-state index contributed by atoms with van der Waals surface area (Å²) in [7, 11) is 1.82. The summed E-state index contributed by atoms with van der Waals surface area (Å²) >= 11 is 0. The van der Waals surface area contributed by atoms with Crippen LogP contribution in [0.1, 0.15) is 28.0 Å². The van der Waals surface area contributed by atoms with Crippen molar-refractivity contribution in [3.8, 4) is 0 Å². The van der Waals surface area contributed by atoms with E-state index in [1.54, 1.807) is 17.2 Å². The number of nitrogen functional groups attached to an aromatic ring is 1. The van der Waals surface area contributed by atoms with E-state index >= 15 is 0 Å². The standard InChI is InChI=1S/C17H21N3O/c1-13-16(11-15(18)12-19-13)17(21)20(2)10-6-9-14-7-4-3-5-8-14/h3-5,7-8,11-12H,6,9-10,18H2,1-2H3. The van der Waals surface area contributed by atoms with Crippen molar-refractivity contribution in [2.45, 2.75) is 19.8 Å². The molecule has 4 heteroatoms.